The number of ether oxygens (including phenoxy) is 2. The highest BCUT2D eigenvalue weighted by Gasteiger charge is 2.38. The molecule has 94 valence electrons. The lowest BCUT2D eigenvalue weighted by atomic mass is 10.2. The van der Waals surface area contributed by atoms with Gasteiger partial charge in [-0.3, -0.25) is 0 Å². The van der Waals surface area contributed by atoms with Crippen molar-refractivity contribution < 1.29 is 9.47 Å². The lowest BCUT2D eigenvalue weighted by Gasteiger charge is -2.04. The van der Waals surface area contributed by atoms with Gasteiger partial charge in [-0.05, 0) is 24.9 Å². The second kappa shape index (κ2) is 5.98. The van der Waals surface area contributed by atoms with Crippen molar-refractivity contribution in [3.05, 3.63) is 23.9 Å². The maximum atomic E-state index is 5.14. The van der Waals surface area contributed by atoms with Gasteiger partial charge in [0.1, 0.15) is 0 Å². The Hall–Kier alpha value is -1.13. The third kappa shape index (κ3) is 3.41. The lowest BCUT2D eigenvalue weighted by molar-refractivity contribution is 0.199. The standard InChI is InChI=1S/C13H20N2O2/c1-16-7-6-14-9-10-8-11(10)12-4-3-5-13(15-12)17-2/h3-5,10-11,14H,6-9H2,1-2H3. The quantitative estimate of drug-likeness (QED) is 0.727. The smallest absolute Gasteiger partial charge is 0.213 e. The van der Waals surface area contributed by atoms with Crippen molar-refractivity contribution in [1.29, 1.82) is 0 Å². The molecule has 17 heavy (non-hydrogen) atoms. The van der Waals surface area contributed by atoms with Gasteiger partial charge in [-0.1, -0.05) is 6.07 Å². The van der Waals surface area contributed by atoms with Crippen LogP contribution in [0.4, 0.5) is 0 Å². The molecule has 1 aliphatic rings. The van der Waals surface area contributed by atoms with Gasteiger partial charge in [0, 0.05) is 31.3 Å². The van der Waals surface area contributed by atoms with Gasteiger partial charge in [0.2, 0.25) is 5.88 Å². The van der Waals surface area contributed by atoms with Crippen molar-refractivity contribution in [3.8, 4) is 5.88 Å². The number of pyridine rings is 1. The molecule has 0 bridgehead atoms. The van der Waals surface area contributed by atoms with E-state index in [9.17, 15) is 0 Å². The summed E-state index contributed by atoms with van der Waals surface area (Å²) in [4.78, 5) is 4.47. The third-order valence-corrected chi connectivity index (χ3v) is 3.15. The molecule has 2 atom stereocenters. The van der Waals surface area contributed by atoms with Crippen molar-refractivity contribution in [1.82, 2.24) is 10.3 Å². The van der Waals surface area contributed by atoms with Crippen LogP contribution in [0.3, 0.4) is 0 Å². The van der Waals surface area contributed by atoms with E-state index in [-0.39, 0.29) is 0 Å². The first-order chi connectivity index (χ1) is 8.35. The Morgan fingerprint density at radius 3 is 3.06 bits per heavy atom. The predicted molar refractivity (Wildman–Crippen MR) is 66.4 cm³/mol. The minimum atomic E-state index is 0.597. The van der Waals surface area contributed by atoms with Crippen LogP contribution in [-0.2, 0) is 4.74 Å². The molecule has 1 N–H and O–H groups in total. The van der Waals surface area contributed by atoms with Gasteiger partial charge >= 0.3 is 0 Å². The van der Waals surface area contributed by atoms with Crippen LogP contribution < -0.4 is 10.1 Å². The summed E-state index contributed by atoms with van der Waals surface area (Å²) in [6, 6.07) is 5.98. The van der Waals surface area contributed by atoms with Crippen LogP contribution in [0.2, 0.25) is 0 Å². The van der Waals surface area contributed by atoms with Crippen LogP contribution in [0.25, 0.3) is 0 Å². The van der Waals surface area contributed by atoms with Crippen molar-refractivity contribution in [2.75, 3.05) is 33.9 Å². The van der Waals surface area contributed by atoms with Crippen LogP contribution in [0.1, 0.15) is 18.0 Å². The highest BCUT2D eigenvalue weighted by atomic mass is 16.5. The number of nitrogens with one attached hydrogen (secondary N) is 1. The zero-order valence-electron chi connectivity index (χ0n) is 10.5. The normalized spacial score (nSPS) is 22.5. The van der Waals surface area contributed by atoms with E-state index in [0.29, 0.717) is 17.7 Å². The lowest BCUT2D eigenvalue weighted by Crippen LogP contribution is -2.21. The van der Waals surface area contributed by atoms with Crippen molar-refractivity contribution in [2.45, 2.75) is 12.3 Å². The largest absolute Gasteiger partial charge is 0.481 e. The second-order valence-electron chi connectivity index (χ2n) is 4.40. The molecule has 1 saturated carbocycles. The first-order valence-electron chi connectivity index (χ1n) is 6.05. The number of methoxy groups -OCH3 is 2. The Bertz CT molecular complexity index is 357. The van der Waals surface area contributed by atoms with Gasteiger partial charge in [0.05, 0.1) is 13.7 Å². The molecular weight excluding hydrogens is 216 g/mol. The molecule has 4 heteroatoms. The van der Waals surface area contributed by atoms with Gasteiger partial charge in [-0.2, -0.15) is 0 Å². The summed E-state index contributed by atoms with van der Waals surface area (Å²) in [5.41, 5.74) is 1.16. The molecule has 2 unspecified atom stereocenters. The minimum absolute atomic E-state index is 0.597. The maximum absolute atomic E-state index is 5.14. The minimum Gasteiger partial charge on any atom is -0.481 e. The van der Waals surface area contributed by atoms with Crippen molar-refractivity contribution in [3.63, 3.8) is 0 Å². The van der Waals surface area contributed by atoms with Crippen LogP contribution >= 0.6 is 0 Å². The van der Waals surface area contributed by atoms with Crippen LogP contribution in [0, 0.1) is 5.92 Å². The topological polar surface area (TPSA) is 43.4 Å². The second-order valence-corrected chi connectivity index (χ2v) is 4.40. The van der Waals surface area contributed by atoms with Crippen LogP contribution in [0.15, 0.2) is 18.2 Å². The molecule has 0 amide bonds. The molecule has 1 aliphatic carbocycles. The van der Waals surface area contributed by atoms with E-state index in [1.807, 2.05) is 12.1 Å². The molecule has 1 fully saturated rings. The van der Waals surface area contributed by atoms with Gasteiger partial charge in [-0.25, -0.2) is 4.98 Å². The molecule has 0 saturated heterocycles. The molecule has 0 spiro atoms. The number of rotatable bonds is 7. The summed E-state index contributed by atoms with van der Waals surface area (Å²) in [6.45, 7) is 2.74. The fourth-order valence-electron chi connectivity index (χ4n) is 2.05. The summed E-state index contributed by atoms with van der Waals surface area (Å²) in [5.74, 6) is 2.02. The van der Waals surface area contributed by atoms with E-state index in [2.05, 4.69) is 16.4 Å². The first kappa shape index (κ1) is 12.3. The average molecular weight is 236 g/mol. The number of hydrogen-bond donors (Lipinski definition) is 1. The average Bonchev–Trinajstić information content (AvgIpc) is 3.14. The van der Waals surface area contributed by atoms with Gasteiger partial charge in [0.15, 0.2) is 0 Å². The van der Waals surface area contributed by atoms with Crippen molar-refractivity contribution in [2.24, 2.45) is 5.92 Å². The van der Waals surface area contributed by atoms with E-state index < -0.39 is 0 Å². The van der Waals surface area contributed by atoms with Crippen LogP contribution in [0.5, 0.6) is 5.88 Å². The van der Waals surface area contributed by atoms with Gasteiger partial charge in [-0.15, -0.1) is 0 Å². The fraction of sp³-hybridized carbons (Fsp3) is 0.615. The Labute approximate surface area is 102 Å². The van der Waals surface area contributed by atoms with Gasteiger partial charge in [0.25, 0.3) is 0 Å². The zero-order valence-corrected chi connectivity index (χ0v) is 10.5. The van der Waals surface area contributed by atoms with Crippen molar-refractivity contribution >= 4 is 0 Å². The molecule has 0 radical (unpaired) electrons. The zero-order chi connectivity index (χ0) is 12.1. The van der Waals surface area contributed by atoms with Crippen LogP contribution in [-0.4, -0.2) is 38.9 Å². The Morgan fingerprint density at radius 2 is 2.29 bits per heavy atom. The SMILES string of the molecule is COCCNCC1CC1c1cccc(OC)n1. The number of nitrogens with zero attached hydrogens (tertiary/aromatic N) is 1. The molecular formula is C13H20N2O2. The molecule has 1 aromatic heterocycles. The Morgan fingerprint density at radius 1 is 1.41 bits per heavy atom. The highest BCUT2D eigenvalue weighted by molar-refractivity contribution is 5.23. The first-order valence-corrected chi connectivity index (χ1v) is 6.05. The molecule has 0 aliphatic heterocycles. The monoisotopic (exact) mass is 236 g/mol. The molecule has 1 aromatic rings. The summed E-state index contributed by atoms with van der Waals surface area (Å²) >= 11 is 0. The highest BCUT2D eigenvalue weighted by Crippen LogP contribution is 2.46. The van der Waals surface area contributed by atoms with E-state index in [0.717, 1.165) is 25.4 Å². The van der Waals surface area contributed by atoms with E-state index >= 15 is 0 Å². The Balaban J connectivity index is 1.77. The van der Waals surface area contributed by atoms with E-state index in [4.69, 9.17) is 9.47 Å². The number of aromatic nitrogens is 1. The molecule has 4 nitrogen and oxygen atoms in total. The predicted octanol–water partition coefficient (Wildman–Crippen LogP) is 1.43. The van der Waals surface area contributed by atoms with Gasteiger partial charge < -0.3 is 14.8 Å². The molecule has 2 rings (SSSR count). The number of hydrogen-bond acceptors (Lipinski definition) is 4. The van der Waals surface area contributed by atoms with E-state index in [1.54, 1.807) is 14.2 Å². The molecule has 1 heterocycles. The summed E-state index contributed by atoms with van der Waals surface area (Å²) in [6.07, 6.45) is 1.22. The summed E-state index contributed by atoms with van der Waals surface area (Å²) < 4.78 is 10.1. The summed E-state index contributed by atoms with van der Waals surface area (Å²) in [5, 5.41) is 3.39. The maximum Gasteiger partial charge on any atom is 0.213 e. The molecule has 0 aromatic carbocycles. The third-order valence-electron chi connectivity index (χ3n) is 3.15. The Kier molecular flexibility index (Phi) is 4.34. The summed E-state index contributed by atoms with van der Waals surface area (Å²) in [7, 11) is 3.38. The fourth-order valence-corrected chi connectivity index (χ4v) is 2.05. The van der Waals surface area contributed by atoms with E-state index in [1.165, 1.54) is 6.42 Å².